The van der Waals surface area contributed by atoms with Gasteiger partial charge < -0.3 is 15.2 Å². The normalized spacial score (nSPS) is 11.4. The second-order valence-electron chi connectivity index (χ2n) is 6.17. The summed E-state index contributed by atoms with van der Waals surface area (Å²) in [4.78, 5) is 23.8. The molecular formula is C19H24N6O3. The van der Waals surface area contributed by atoms with Crippen LogP contribution in [0.15, 0.2) is 24.4 Å². The number of ether oxygens (including phenoxy) is 1. The highest BCUT2D eigenvalue weighted by atomic mass is 16.5. The third-order valence-electron chi connectivity index (χ3n) is 3.81. The molecular weight excluding hydrogens is 360 g/mol. The average molecular weight is 384 g/mol. The minimum Gasteiger partial charge on any atom is -0.482 e. The van der Waals surface area contributed by atoms with Gasteiger partial charge >= 0.3 is 0 Å². The molecule has 0 aliphatic heterocycles. The Balaban J connectivity index is 2.20. The quantitative estimate of drug-likeness (QED) is 0.568. The molecule has 9 nitrogen and oxygen atoms in total. The predicted molar refractivity (Wildman–Crippen MR) is 104 cm³/mol. The van der Waals surface area contributed by atoms with Crippen LogP contribution in [0.4, 0.5) is 11.8 Å². The van der Waals surface area contributed by atoms with Crippen molar-refractivity contribution >= 4 is 17.7 Å². The number of nitriles is 1. The van der Waals surface area contributed by atoms with E-state index < -0.39 is 0 Å². The number of aliphatic hydroxyl groups is 1. The Morgan fingerprint density at radius 3 is 2.89 bits per heavy atom. The van der Waals surface area contributed by atoms with Gasteiger partial charge in [-0.25, -0.2) is 9.97 Å². The van der Waals surface area contributed by atoms with E-state index in [0.717, 1.165) is 19.3 Å². The van der Waals surface area contributed by atoms with Crippen LogP contribution in [0.5, 0.6) is 5.75 Å². The number of anilines is 2. The Bertz CT molecular complexity index is 837. The fourth-order valence-corrected chi connectivity index (χ4v) is 2.42. The fourth-order valence-electron chi connectivity index (χ4n) is 2.42. The van der Waals surface area contributed by atoms with E-state index in [1.807, 2.05) is 6.07 Å². The number of nitrogens with zero attached hydrogens (tertiary/aromatic N) is 4. The van der Waals surface area contributed by atoms with E-state index in [1.54, 1.807) is 18.2 Å². The Morgan fingerprint density at radius 2 is 2.21 bits per heavy atom. The Hall–Kier alpha value is -3.25. The van der Waals surface area contributed by atoms with Crippen molar-refractivity contribution in [3.05, 3.63) is 35.8 Å². The van der Waals surface area contributed by atoms with E-state index in [9.17, 15) is 9.90 Å². The van der Waals surface area contributed by atoms with E-state index in [0.29, 0.717) is 23.0 Å². The van der Waals surface area contributed by atoms with E-state index in [-0.39, 0.29) is 31.1 Å². The van der Waals surface area contributed by atoms with Gasteiger partial charge in [0.25, 0.3) is 0 Å². The van der Waals surface area contributed by atoms with Crippen molar-refractivity contribution in [3.63, 3.8) is 0 Å². The molecule has 0 radical (unpaired) electrons. The van der Waals surface area contributed by atoms with Crippen LogP contribution in [0.2, 0.25) is 0 Å². The lowest BCUT2D eigenvalue weighted by Gasteiger charge is -2.19. The first-order valence-corrected chi connectivity index (χ1v) is 9.06. The molecule has 9 heteroatoms. The predicted octanol–water partition coefficient (Wildman–Crippen LogP) is 2.24. The minimum absolute atomic E-state index is 0.0648. The lowest BCUT2D eigenvalue weighted by molar-refractivity contribution is -0.114. The Morgan fingerprint density at radius 1 is 1.39 bits per heavy atom. The second kappa shape index (κ2) is 10.8. The van der Waals surface area contributed by atoms with Gasteiger partial charge in [-0.1, -0.05) is 25.8 Å². The van der Waals surface area contributed by atoms with Crippen LogP contribution in [0, 0.1) is 11.3 Å². The summed E-state index contributed by atoms with van der Waals surface area (Å²) in [6, 6.07) is 6.87. The molecule has 2 aromatic rings. The molecule has 0 fully saturated rings. The number of hydrogen-bond acceptors (Lipinski definition) is 8. The largest absolute Gasteiger partial charge is 0.482 e. The summed E-state index contributed by atoms with van der Waals surface area (Å²) >= 11 is 0. The summed E-state index contributed by atoms with van der Waals surface area (Å²) in [5.74, 6) is 0.569. The van der Waals surface area contributed by atoms with Gasteiger partial charge in [-0.05, 0) is 18.6 Å². The highest BCUT2D eigenvalue weighted by Crippen LogP contribution is 2.25. The van der Waals surface area contributed by atoms with E-state index in [2.05, 4.69) is 32.5 Å². The van der Waals surface area contributed by atoms with Crippen molar-refractivity contribution in [2.75, 3.05) is 17.2 Å². The minimum atomic E-state index is -0.290. The number of hydrogen-bond donors (Lipinski definition) is 3. The summed E-state index contributed by atoms with van der Waals surface area (Å²) in [5, 5.41) is 24.3. The van der Waals surface area contributed by atoms with Gasteiger partial charge in [-0.2, -0.15) is 10.2 Å². The molecule has 0 bridgehead atoms. The van der Waals surface area contributed by atoms with Gasteiger partial charge in [-0.3, -0.25) is 10.1 Å². The highest BCUT2D eigenvalue weighted by Gasteiger charge is 2.15. The molecule has 0 aliphatic carbocycles. The average Bonchev–Trinajstić information content (AvgIpc) is 2.70. The Kier molecular flexibility index (Phi) is 8.11. The van der Waals surface area contributed by atoms with Gasteiger partial charge in [0.15, 0.2) is 11.6 Å². The van der Waals surface area contributed by atoms with Crippen molar-refractivity contribution in [1.82, 2.24) is 15.0 Å². The van der Waals surface area contributed by atoms with E-state index >= 15 is 0 Å². The van der Waals surface area contributed by atoms with Crippen LogP contribution in [0.1, 0.15) is 44.5 Å². The van der Waals surface area contributed by atoms with Crippen molar-refractivity contribution in [1.29, 1.82) is 5.26 Å². The SMILES string of the molecule is CCCCC(CO)Nc1nc(NC(C)=O)ncc1OCc1cccc(C#N)n1. The first kappa shape index (κ1) is 21.1. The number of nitrogens with one attached hydrogen (secondary N) is 2. The number of rotatable bonds is 10. The van der Waals surface area contributed by atoms with Crippen LogP contribution in [-0.2, 0) is 11.4 Å². The molecule has 28 heavy (non-hydrogen) atoms. The second-order valence-corrected chi connectivity index (χ2v) is 6.17. The number of pyridine rings is 1. The molecule has 0 aromatic carbocycles. The lowest BCUT2D eigenvalue weighted by atomic mass is 10.1. The third-order valence-corrected chi connectivity index (χ3v) is 3.81. The van der Waals surface area contributed by atoms with Crippen LogP contribution in [-0.4, -0.2) is 38.6 Å². The van der Waals surface area contributed by atoms with Crippen molar-refractivity contribution < 1.29 is 14.6 Å². The maximum Gasteiger partial charge on any atom is 0.231 e. The fraction of sp³-hybridized carbons (Fsp3) is 0.421. The number of carbonyl (C=O) groups is 1. The maximum absolute atomic E-state index is 11.3. The summed E-state index contributed by atoms with van der Waals surface area (Å²) in [6.07, 6.45) is 4.16. The lowest BCUT2D eigenvalue weighted by Crippen LogP contribution is -2.25. The van der Waals surface area contributed by atoms with Crippen LogP contribution < -0.4 is 15.4 Å². The third kappa shape index (κ3) is 6.48. The number of unbranched alkanes of at least 4 members (excludes halogenated alkanes) is 1. The summed E-state index contributed by atoms with van der Waals surface area (Å²) in [5.41, 5.74) is 0.886. The van der Waals surface area contributed by atoms with Gasteiger partial charge in [0.2, 0.25) is 11.9 Å². The van der Waals surface area contributed by atoms with Crippen molar-refractivity contribution in [3.8, 4) is 11.8 Å². The monoisotopic (exact) mass is 384 g/mol. The Labute approximate surface area is 163 Å². The molecule has 0 saturated heterocycles. The van der Waals surface area contributed by atoms with Crippen molar-refractivity contribution in [2.45, 2.75) is 45.8 Å². The standard InChI is InChI=1S/C19H24N6O3/c1-3-4-6-15(11-26)24-18-17(10-21-19(25-18)22-13(2)27)28-12-16-8-5-7-14(9-20)23-16/h5,7-8,10,15,26H,3-4,6,11-12H2,1-2H3,(H2,21,22,24,25,27). The first-order chi connectivity index (χ1) is 13.5. The van der Waals surface area contributed by atoms with Crippen LogP contribution in [0.25, 0.3) is 0 Å². The van der Waals surface area contributed by atoms with Crippen LogP contribution >= 0.6 is 0 Å². The molecule has 3 N–H and O–H groups in total. The summed E-state index contributed by atoms with van der Waals surface area (Å²) in [6.45, 7) is 3.49. The van der Waals surface area contributed by atoms with E-state index in [1.165, 1.54) is 13.1 Å². The number of aromatic nitrogens is 3. The summed E-state index contributed by atoms with van der Waals surface area (Å²) < 4.78 is 5.78. The van der Waals surface area contributed by atoms with Gasteiger partial charge in [-0.15, -0.1) is 0 Å². The molecule has 0 spiro atoms. The number of aliphatic hydroxyl groups excluding tert-OH is 1. The zero-order valence-electron chi connectivity index (χ0n) is 16.0. The molecule has 1 unspecified atom stereocenters. The number of amides is 1. The molecule has 1 amide bonds. The first-order valence-electron chi connectivity index (χ1n) is 9.06. The molecule has 0 aliphatic rings. The topological polar surface area (TPSA) is 133 Å². The molecule has 2 aromatic heterocycles. The molecule has 148 valence electrons. The van der Waals surface area contributed by atoms with Gasteiger partial charge in [0.05, 0.1) is 24.5 Å². The molecule has 0 saturated carbocycles. The van der Waals surface area contributed by atoms with Gasteiger partial charge in [0.1, 0.15) is 18.4 Å². The van der Waals surface area contributed by atoms with Crippen molar-refractivity contribution in [2.24, 2.45) is 0 Å². The zero-order valence-corrected chi connectivity index (χ0v) is 16.0. The highest BCUT2D eigenvalue weighted by molar-refractivity contribution is 5.86. The van der Waals surface area contributed by atoms with Crippen LogP contribution in [0.3, 0.4) is 0 Å². The molecule has 2 heterocycles. The zero-order chi connectivity index (χ0) is 20.4. The molecule has 1 atom stereocenters. The maximum atomic E-state index is 11.3. The van der Waals surface area contributed by atoms with E-state index in [4.69, 9.17) is 10.00 Å². The van der Waals surface area contributed by atoms with Gasteiger partial charge in [0, 0.05) is 6.92 Å². The summed E-state index contributed by atoms with van der Waals surface area (Å²) in [7, 11) is 0. The number of carbonyl (C=O) groups excluding carboxylic acids is 1. The smallest absolute Gasteiger partial charge is 0.231 e. The molecule has 2 rings (SSSR count).